The topological polar surface area (TPSA) is 98.7 Å². The Bertz CT molecular complexity index is 591. The average Bonchev–Trinajstić information content (AvgIpc) is 2.63. The molecular weight excluding hydrogens is 298 g/mol. The molecular formula is C13H14ClN3O4. The molecule has 0 unspecified atom stereocenters. The van der Waals surface area contributed by atoms with Gasteiger partial charge in [-0.25, -0.2) is 9.59 Å². The number of aromatic carboxylic acids is 1. The first-order chi connectivity index (χ1) is 9.97. The van der Waals surface area contributed by atoms with Gasteiger partial charge in [0, 0.05) is 31.1 Å². The lowest BCUT2D eigenvalue weighted by Crippen LogP contribution is -2.37. The molecule has 1 aromatic carbocycles. The van der Waals surface area contributed by atoms with Crippen molar-refractivity contribution in [3.05, 3.63) is 28.8 Å². The first-order valence-corrected chi connectivity index (χ1v) is 6.70. The summed E-state index contributed by atoms with van der Waals surface area (Å²) >= 11 is 5.82. The molecule has 1 aromatic rings. The van der Waals surface area contributed by atoms with E-state index < -0.39 is 12.0 Å². The fraction of sp³-hybridized carbons (Fsp3) is 0.308. The number of carbonyl (C=O) groups is 3. The number of amides is 3. The Hall–Kier alpha value is -2.28. The molecule has 112 valence electrons. The summed E-state index contributed by atoms with van der Waals surface area (Å²) in [5.41, 5.74) is 0.0836. The van der Waals surface area contributed by atoms with Crippen molar-refractivity contribution in [1.29, 1.82) is 0 Å². The number of urea groups is 1. The van der Waals surface area contributed by atoms with E-state index in [2.05, 4.69) is 10.6 Å². The van der Waals surface area contributed by atoms with E-state index in [-0.39, 0.29) is 30.1 Å². The van der Waals surface area contributed by atoms with Crippen LogP contribution in [0.2, 0.25) is 5.02 Å². The molecule has 3 amide bonds. The SMILES string of the molecule is O=C1CCN(C(=O)Nc2cc(Cl)ccc2C(=O)O)CCN1. The van der Waals surface area contributed by atoms with Crippen LogP contribution in [0.5, 0.6) is 0 Å². The van der Waals surface area contributed by atoms with Crippen molar-refractivity contribution in [3.8, 4) is 0 Å². The smallest absolute Gasteiger partial charge is 0.337 e. The van der Waals surface area contributed by atoms with Crippen LogP contribution < -0.4 is 10.6 Å². The number of rotatable bonds is 2. The molecule has 0 spiro atoms. The Morgan fingerprint density at radius 1 is 1.33 bits per heavy atom. The monoisotopic (exact) mass is 311 g/mol. The van der Waals surface area contributed by atoms with E-state index in [0.717, 1.165) is 0 Å². The van der Waals surface area contributed by atoms with Crippen LogP contribution >= 0.6 is 11.6 Å². The lowest BCUT2D eigenvalue weighted by atomic mass is 10.2. The zero-order chi connectivity index (χ0) is 15.4. The minimum atomic E-state index is -1.16. The summed E-state index contributed by atoms with van der Waals surface area (Å²) in [5.74, 6) is -1.27. The van der Waals surface area contributed by atoms with Crippen LogP contribution in [-0.2, 0) is 4.79 Å². The number of carboxylic acid groups (broad SMARTS) is 1. The van der Waals surface area contributed by atoms with Crippen LogP contribution in [0, 0.1) is 0 Å². The molecule has 2 rings (SSSR count). The lowest BCUT2D eigenvalue weighted by molar-refractivity contribution is -0.120. The van der Waals surface area contributed by atoms with Crippen molar-refractivity contribution in [1.82, 2.24) is 10.2 Å². The van der Waals surface area contributed by atoms with Crippen molar-refractivity contribution in [2.75, 3.05) is 25.0 Å². The molecule has 0 aromatic heterocycles. The van der Waals surface area contributed by atoms with E-state index >= 15 is 0 Å². The third-order valence-corrected chi connectivity index (χ3v) is 3.29. The molecule has 0 aliphatic carbocycles. The number of benzene rings is 1. The van der Waals surface area contributed by atoms with E-state index in [0.29, 0.717) is 18.1 Å². The highest BCUT2D eigenvalue weighted by molar-refractivity contribution is 6.31. The maximum atomic E-state index is 12.2. The number of anilines is 1. The number of hydrogen-bond donors (Lipinski definition) is 3. The lowest BCUT2D eigenvalue weighted by Gasteiger charge is -2.20. The predicted molar refractivity (Wildman–Crippen MR) is 76.6 cm³/mol. The highest BCUT2D eigenvalue weighted by Crippen LogP contribution is 2.21. The number of hydrogen-bond acceptors (Lipinski definition) is 3. The molecule has 1 fully saturated rings. The first-order valence-electron chi connectivity index (χ1n) is 6.33. The Balaban J connectivity index is 2.13. The highest BCUT2D eigenvalue weighted by Gasteiger charge is 2.20. The van der Waals surface area contributed by atoms with Crippen LogP contribution in [0.3, 0.4) is 0 Å². The van der Waals surface area contributed by atoms with Crippen LogP contribution in [0.4, 0.5) is 10.5 Å². The molecule has 8 heteroatoms. The fourth-order valence-corrected chi connectivity index (χ4v) is 2.14. The van der Waals surface area contributed by atoms with E-state index in [1.165, 1.54) is 23.1 Å². The van der Waals surface area contributed by atoms with Crippen LogP contribution in [0.1, 0.15) is 16.8 Å². The van der Waals surface area contributed by atoms with Gasteiger partial charge in [0.1, 0.15) is 0 Å². The molecule has 0 radical (unpaired) electrons. The first kappa shape index (κ1) is 15.1. The van der Waals surface area contributed by atoms with Crippen molar-refractivity contribution in [2.24, 2.45) is 0 Å². The maximum absolute atomic E-state index is 12.2. The van der Waals surface area contributed by atoms with Gasteiger partial charge >= 0.3 is 12.0 Å². The summed E-state index contributed by atoms with van der Waals surface area (Å²) in [6.07, 6.45) is 0.217. The molecule has 1 heterocycles. The fourth-order valence-electron chi connectivity index (χ4n) is 1.97. The van der Waals surface area contributed by atoms with E-state index in [1.54, 1.807) is 0 Å². The molecule has 1 saturated heterocycles. The minimum absolute atomic E-state index is 0.0447. The number of nitrogens with one attached hydrogen (secondary N) is 2. The number of nitrogens with zero attached hydrogens (tertiary/aromatic N) is 1. The zero-order valence-electron chi connectivity index (χ0n) is 11.1. The number of carboxylic acids is 1. The second-order valence-corrected chi connectivity index (χ2v) is 4.95. The Kier molecular flexibility index (Phi) is 4.64. The van der Waals surface area contributed by atoms with Gasteiger partial charge < -0.3 is 20.6 Å². The summed E-state index contributed by atoms with van der Waals surface area (Å²) in [6, 6.07) is 3.68. The van der Waals surface area contributed by atoms with Crippen LogP contribution in [0.25, 0.3) is 0 Å². The standard InChI is InChI=1S/C13H14ClN3O4/c14-8-1-2-9(12(19)20)10(7-8)16-13(21)17-5-3-11(18)15-4-6-17/h1-2,7H,3-6H2,(H,15,18)(H,16,21)(H,19,20). The second-order valence-electron chi connectivity index (χ2n) is 4.51. The van der Waals surface area contributed by atoms with Gasteiger partial charge in [-0.05, 0) is 18.2 Å². The number of carbonyl (C=O) groups excluding carboxylic acids is 2. The highest BCUT2D eigenvalue weighted by atomic mass is 35.5. The summed E-state index contributed by atoms with van der Waals surface area (Å²) < 4.78 is 0. The Morgan fingerprint density at radius 3 is 2.81 bits per heavy atom. The molecule has 7 nitrogen and oxygen atoms in total. The van der Waals surface area contributed by atoms with Crippen molar-refractivity contribution >= 4 is 35.2 Å². The normalized spacial score (nSPS) is 15.1. The summed E-state index contributed by atoms with van der Waals surface area (Å²) in [7, 11) is 0. The molecule has 1 aliphatic rings. The maximum Gasteiger partial charge on any atom is 0.337 e. The predicted octanol–water partition coefficient (Wildman–Crippen LogP) is 1.39. The largest absolute Gasteiger partial charge is 0.478 e. The molecule has 0 bridgehead atoms. The van der Waals surface area contributed by atoms with Crippen LogP contribution in [0.15, 0.2) is 18.2 Å². The quantitative estimate of drug-likeness (QED) is 0.768. The van der Waals surface area contributed by atoms with Crippen molar-refractivity contribution in [2.45, 2.75) is 6.42 Å². The van der Waals surface area contributed by atoms with Gasteiger partial charge in [-0.15, -0.1) is 0 Å². The Labute approximate surface area is 125 Å². The van der Waals surface area contributed by atoms with Crippen molar-refractivity contribution < 1.29 is 19.5 Å². The summed E-state index contributed by atoms with van der Waals surface area (Å²) in [4.78, 5) is 36.0. The summed E-state index contributed by atoms with van der Waals surface area (Å²) in [5, 5.41) is 14.6. The Morgan fingerprint density at radius 2 is 2.10 bits per heavy atom. The zero-order valence-corrected chi connectivity index (χ0v) is 11.8. The number of halogens is 1. The van der Waals surface area contributed by atoms with E-state index in [4.69, 9.17) is 16.7 Å². The minimum Gasteiger partial charge on any atom is -0.478 e. The van der Waals surface area contributed by atoms with Gasteiger partial charge in [-0.2, -0.15) is 0 Å². The van der Waals surface area contributed by atoms with E-state index in [9.17, 15) is 14.4 Å². The molecule has 21 heavy (non-hydrogen) atoms. The van der Waals surface area contributed by atoms with Gasteiger partial charge in [0.05, 0.1) is 11.3 Å². The third kappa shape index (κ3) is 3.85. The average molecular weight is 312 g/mol. The second kappa shape index (κ2) is 6.45. The third-order valence-electron chi connectivity index (χ3n) is 3.05. The summed E-state index contributed by atoms with van der Waals surface area (Å²) in [6.45, 7) is 1.01. The van der Waals surface area contributed by atoms with Crippen LogP contribution in [-0.4, -0.2) is 47.5 Å². The van der Waals surface area contributed by atoms with Gasteiger partial charge in [0.25, 0.3) is 0 Å². The van der Waals surface area contributed by atoms with Gasteiger partial charge in [0.15, 0.2) is 0 Å². The molecule has 0 saturated carbocycles. The van der Waals surface area contributed by atoms with Gasteiger partial charge in [0.2, 0.25) is 5.91 Å². The van der Waals surface area contributed by atoms with Gasteiger partial charge in [-0.3, -0.25) is 4.79 Å². The van der Waals surface area contributed by atoms with Crippen molar-refractivity contribution in [3.63, 3.8) is 0 Å². The molecule has 0 atom stereocenters. The van der Waals surface area contributed by atoms with E-state index in [1.807, 2.05) is 0 Å². The molecule has 3 N–H and O–H groups in total. The van der Waals surface area contributed by atoms with Gasteiger partial charge in [-0.1, -0.05) is 11.6 Å². The molecule has 1 aliphatic heterocycles.